The van der Waals surface area contributed by atoms with E-state index in [1.165, 1.54) is 0 Å². The van der Waals surface area contributed by atoms with Gasteiger partial charge in [-0.15, -0.1) is 0 Å². The Morgan fingerprint density at radius 3 is 2.81 bits per heavy atom. The Morgan fingerprint density at radius 2 is 2.25 bits per heavy atom. The van der Waals surface area contributed by atoms with Crippen molar-refractivity contribution in [2.75, 3.05) is 6.61 Å². The molecule has 0 aliphatic rings. The molecule has 0 amide bonds. The fourth-order valence-corrected chi connectivity index (χ4v) is 1.48. The average Bonchev–Trinajstić information content (AvgIpc) is 2.27. The van der Waals surface area contributed by atoms with E-state index in [0.29, 0.717) is 24.3 Å². The van der Waals surface area contributed by atoms with Gasteiger partial charge >= 0.3 is 5.97 Å². The number of pyridine rings is 1. The van der Waals surface area contributed by atoms with Gasteiger partial charge in [-0.2, -0.15) is 0 Å². The minimum absolute atomic E-state index is 0.502. The average molecular weight is 223 g/mol. The second kappa shape index (κ2) is 6.10. The Bertz CT molecular complexity index is 352. The number of rotatable bonds is 6. The van der Waals surface area contributed by atoms with E-state index in [0.717, 1.165) is 6.42 Å². The molecule has 4 nitrogen and oxygen atoms in total. The van der Waals surface area contributed by atoms with Crippen LogP contribution in [0.15, 0.2) is 18.5 Å². The first-order chi connectivity index (χ1) is 7.69. The van der Waals surface area contributed by atoms with Crippen molar-refractivity contribution in [1.82, 2.24) is 4.98 Å². The molecule has 1 rings (SSSR count). The molecular formula is C12H17NO3. The van der Waals surface area contributed by atoms with E-state index in [1.54, 1.807) is 18.5 Å². The predicted octanol–water partition coefficient (Wildman–Crippen LogP) is 2.45. The van der Waals surface area contributed by atoms with Gasteiger partial charge in [0.1, 0.15) is 5.75 Å². The van der Waals surface area contributed by atoms with Gasteiger partial charge in [0.15, 0.2) is 0 Å². The van der Waals surface area contributed by atoms with Gasteiger partial charge in [0, 0.05) is 6.20 Å². The number of hydrogen-bond donors (Lipinski definition) is 1. The van der Waals surface area contributed by atoms with E-state index in [1.807, 2.05) is 13.8 Å². The SMILES string of the molecule is CCCOc1cncc(C(CC)C(=O)O)c1. The van der Waals surface area contributed by atoms with Crippen LogP contribution in [0.25, 0.3) is 0 Å². The van der Waals surface area contributed by atoms with Crippen LogP contribution in [0.5, 0.6) is 5.75 Å². The monoisotopic (exact) mass is 223 g/mol. The number of aromatic nitrogens is 1. The van der Waals surface area contributed by atoms with Crippen LogP contribution in [0.4, 0.5) is 0 Å². The smallest absolute Gasteiger partial charge is 0.311 e. The lowest BCUT2D eigenvalue weighted by Crippen LogP contribution is -2.11. The topological polar surface area (TPSA) is 59.4 Å². The third kappa shape index (κ3) is 3.22. The molecule has 0 saturated heterocycles. The van der Waals surface area contributed by atoms with Crippen molar-refractivity contribution in [3.8, 4) is 5.75 Å². The molecule has 0 fully saturated rings. The summed E-state index contributed by atoms with van der Waals surface area (Å²) in [6, 6.07) is 1.75. The molecule has 1 heterocycles. The highest BCUT2D eigenvalue weighted by Gasteiger charge is 2.18. The van der Waals surface area contributed by atoms with E-state index in [9.17, 15) is 4.79 Å². The fourth-order valence-electron chi connectivity index (χ4n) is 1.48. The molecule has 1 aromatic heterocycles. The number of nitrogens with zero attached hydrogens (tertiary/aromatic N) is 1. The Kier molecular flexibility index (Phi) is 4.76. The highest BCUT2D eigenvalue weighted by Crippen LogP contribution is 2.22. The first kappa shape index (κ1) is 12.5. The summed E-state index contributed by atoms with van der Waals surface area (Å²) >= 11 is 0. The van der Waals surface area contributed by atoms with Crippen LogP contribution in [0, 0.1) is 0 Å². The van der Waals surface area contributed by atoms with Crippen molar-refractivity contribution in [1.29, 1.82) is 0 Å². The summed E-state index contributed by atoms with van der Waals surface area (Å²) in [7, 11) is 0. The Labute approximate surface area is 95.3 Å². The maximum atomic E-state index is 11.0. The number of hydrogen-bond acceptors (Lipinski definition) is 3. The maximum Gasteiger partial charge on any atom is 0.311 e. The molecule has 0 aliphatic carbocycles. The lowest BCUT2D eigenvalue weighted by atomic mass is 9.98. The van der Waals surface area contributed by atoms with Crippen LogP contribution in [0.2, 0.25) is 0 Å². The Morgan fingerprint density at radius 1 is 1.50 bits per heavy atom. The van der Waals surface area contributed by atoms with Gasteiger partial charge < -0.3 is 9.84 Å². The summed E-state index contributed by atoms with van der Waals surface area (Å²) in [6.45, 7) is 4.48. The van der Waals surface area contributed by atoms with E-state index < -0.39 is 11.9 Å². The van der Waals surface area contributed by atoms with Crippen molar-refractivity contribution in [3.63, 3.8) is 0 Å². The highest BCUT2D eigenvalue weighted by atomic mass is 16.5. The third-order valence-corrected chi connectivity index (χ3v) is 2.32. The number of carboxylic acids is 1. The highest BCUT2D eigenvalue weighted by molar-refractivity contribution is 5.75. The molecule has 0 radical (unpaired) electrons. The summed E-state index contributed by atoms with van der Waals surface area (Å²) in [4.78, 5) is 15.0. The molecule has 4 heteroatoms. The molecule has 1 atom stereocenters. The van der Waals surface area contributed by atoms with Crippen molar-refractivity contribution in [2.24, 2.45) is 0 Å². The number of carboxylic acid groups (broad SMARTS) is 1. The van der Waals surface area contributed by atoms with Gasteiger partial charge in [0.25, 0.3) is 0 Å². The molecule has 0 spiro atoms. The first-order valence-electron chi connectivity index (χ1n) is 5.49. The molecule has 0 aliphatic heterocycles. The lowest BCUT2D eigenvalue weighted by Gasteiger charge is -2.11. The van der Waals surface area contributed by atoms with Gasteiger partial charge in [0.2, 0.25) is 0 Å². The maximum absolute atomic E-state index is 11.0. The first-order valence-corrected chi connectivity index (χ1v) is 5.49. The molecule has 0 bridgehead atoms. The van der Waals surface area contributed by atoms with Gasteiger partial charge in [-0.25, -0.2) is 0 Å². The van der Waals surface area contributed by atoms with Crippen LogP contribution in [-0.4, -0.2) is 22.7 Å². The van der Waals surface area contributed by atoms with Crippen LogP contribution >= 0.6 is 0 Å². The minimum Gasteiger partial charge on any atom is -0.492 e. The number of aliphatic carboxylic acids is 1. The summed E-state index contributed by atoms with van der Waals surface area (Å²) < 4.78 is 5.41. The van der Waals surface area contributed by atoms with Crippen LogP contribution in [0.1, 0.15) is 38.2 Å². The van der Waals surface area contributed by atoms with Crippen molar-refractivity contribution < 1.29 is 14.6 Å². The van der Waals surface area contributed by atoms with Crippen LogP contribution in [0.3, 0.4) is 0 Å². The molecule has 0 aromatic carbocycles. The van der Waals surface area contributed by atoms with E-state index in [-0.39, 0.29) is 0 Å². The third-order valence-electron chi connectivity index (χ3n) is 2.32. The molecule has 16 heavy (non-hydrogen) atoms. The van der Waals surface area contributed by atoms with E-state index in [2.05, 4.69) is 4.98 Å². The largest absolute Gasteiger partial charge is 0.492 e. The second-order valence-electron chi connectivity index (χ2n) is 3.60. The summed E-state index contributed by atoms with van der Waals surface area (Å²) in [5.74, 6) is -0.686. The molecular weight excluding hydrogens is 206 g/mol. The van der Waals surface area contributed by atoms with Crippen molar-refractivity contribution in [2.45, 2.75) is 32.6 Å². The van der Waals surface area contributed by atoms with Crippen molar-refractivity contribution >= 4 is 5.97 Å². The second-order valence-corrected chi connectivity index (χ2v) is 3.60. The zero-order valence-corrected chi connectivity index (χ0v) is 9.64. The van der Waals surface area contributed by atoms with Crippen molar-refractivity contribution in [3.05, 3.63) is 24.0 Å². The quantitative estimate of drug-likeness (QED) is 0.804. The van der Waals surface area contributed by atoms with E-state index in [4.69, 9.17) is 9.84 Å². The molecule has 1 aromatic rings. The zero-order chi connectivity index (χ0) is 12.0. The van der Waals surface area contributed by atoms with Crippen LogP contribution in [-0.2, 0) is 4.79 Å². The molecule has 1 N–H and O–H groups in total. The van der Waals surface area contributed by atoms with Gasteiger partial charge in [0.05, 0.1) is 18.7 Å². The zero-order valence-electron chi connectivity index (χ0n) is 9.64. The molecule has 1 unspecified atom stereocenters. The summed E-state index contributed by atoms with van der Waals surface area (Å²) in [6.07, 6.45) is 4.66. The van der Waals surface area contributed by atoms with E-state index >= 15 is 0 Å². The minimum atomic E-state index is -0.822. The normalized spacial score (nSPS) is 12.1. The Hall–Kier alpha value is -1.58. The number of carbonyl (C=O) groups is 1. The molecule has 88 valence electrons. The van der Waals surface area contributed by atoms with Gasteiger partial charge in [-0.3, -0.25) is 9.78 Å². The summed E-state index contributed by atoms with van der Waals surface area (Å²) in [5.41, 5.74) is 0.698. The van der Waals surface area contributed by atoms with Gasteiger partial charge in [-0.1, -0.05) is 13.8 Å². The predicted molar refractivity (Wildman–Crippen MR) is 60.7 cm³/mol. The lowest BCUT2D eigenvalue weighted by molar-refractivity contribution is -0.138. The van der Waals surface area contributed by atoms with Crippen LogP contribution < -0.4 is 4.74 Å². The Balaban J connectivity index is 2.83. The molecule has 0 saturated carbocycles. The number of ether oxygens (including phenoxy) is 1. The van der Waals surface area contributed by atoms with Gasteiger partial charge in [-0.05, 0) is 24.5 Å². The standard InChI is InChI=1S/C12H17NO3/c1-3-5-16-10-6-9(7-13-8-10)11(4-2)12(14)15/h6-8,11H,3-5H2,1-2H3,(H,14,15). The summed E-state index contributed by atoms with van der Waals surface area (Å²) in [5, 5.41) is 9.03. The fraction of sp³-hybridized carbons (Fsp3) is 0.500.